The second-order valence-electron chi connectivity index (χ2n) is 6.66. The van der Waals surface area contributed by atoms with Crippen LogP contribution in [-0.4, -0.2) is 43.2 Å². The summed E-state index contributed by atoms with van der Waals surface area (Å²) in [4.78, 5) is 14.6. The van der Waals surface area contributed by atoms with Gasteiger partial charge in [0.2, 0.25) is 15.9 Å². The second-order valence-corrected chi connectivity index (χ2v) is 8.60. The first-order chi connectivity index (χ1) is 12.5. The maximum atomic E-state index is 13.1. The van der Waals surface area contributed by atoms with E-state index in [4.69, 9.17) is 0 Å². The number of nitrogens with zero attached hydrogens (tertiary/aromatic N) is 2. The molecule has 0 saturated carbocycles. The lowest BCUT2D eigenvalue weighted by molar-refractivity contribution is -0.130. The number of aryl methyl sites for hydroxylation is 1. The quantitative estimate of drug-likeness (QED) is 0.783. The van der Waals surface area contributed by atoms with Crippen LogP contribution in [0.5, 0.6) is 0 Å². The molecule has 1 aliphatic rings. The molecule has 0 unspecified atom stereocenters. The van der Waals surface area contributed by atoms with Crippen molar-refractivity contribution in [3.05, 3.63) is 65.7 Å². The zero-order valence-corrected chi connectivity index (χ0v) is 15.8. The van der Waals surface area contributed by atoms with Crippen molar-refractivity contribution in [1.29, 1.82) is 0 Å². The van der Waals surface area contributed by atoms with Crippen molar-refractivity contribution in [3.8, 4) is 0 Å². The van der Waals surface area contributed by atoms with Crippen LogP contribution >= 0.6 is 0 Å². The maximum absolute atomic E-state index is 13.1. The highest BCUT2D eigenvalue weighted by Gasteiger charge is 2.29. The van der Waals surface area contributed by atoms with Gasteiger partial charge in [-0.3, -0.25) is 4.79 Å². The van der Waals surface area contributed by atoms with E-state index in [-0.39, 0.29) is 23.9 Å². The first kappa shape index (κ1) is 18.6. The van der Waals surface area contributed by atoms with Gasteiger partial charge in [-0.15, -0.1) is 0 Å². The minimum Gasteiger partial charge on any atom is -0.342 e. The highest BCUT2D eigenvalue weighted by molar-refractivity contribution is 7.89. The Hall–Kier alpha value is -2.18. The molecule has 0 bridgehead atoms. The number of rotatable bonds is 6. The molecule has 0 atom stereocenters. The Morgan fingerprint density at radius 2 is 1.62 bits per heavy atom. The summed E-state index contributed by atoms with van der Waals surface area (Å²) in [5.74, 6) is -0.130. The summed E-state index contributed by atoms with van der Waals surface area (Å²) in [6.45, 7) is 3.45. The number of amides is 1. The topological polar surface area (TPSA) is 57.7 Å². The molecule has 2 aromatic rings. The van der Waals surface area contributed by atoms with Gasteiger partial charge in [-0.25, -0.2) is 8.42 Å². The molecular weight excluding hydrogens is 348 g/mol. The molecule has 3 rings (SSSR count). The van der Waals surface area contributed by atoms with Crippen molar-refractivity contribution >= 4 is 15.9 Å². The lowest BCUT2D eigenvalue weighted by Gasteiger charge is -2.24. The van der Waals surface area contributed by atoms with E-state index >= 15 is 0 Å². The average Bonchev–Trinajstić information content (AvgIpc) is 3.18. The standard InChI is InChI=1S/C20H24N2O3S/c1-17-9-11-18(12-10-17)15-22(16-20(23)21-13-5-6-14-21)26(24,25)19-7-3-2-4-8-19/h2-4,7-12H,5-6,13-16H2,1H3. The lowest BCUT2D eigenvalue weighted by Crippen LogP contribution is -2.41. The van der Waals surface area contributed by atoms with Gasteiger partial charge in [-0.1, -0.05) is 48.0 Å². The van der Waals surface area contributed by atoms with Crippen LogP contribution in [0.2, 0.25) is 0 Å². The van der Waals surface area contributed by atoms with E-state index in [1.165, 1.54) is 4.31 Å². The van der Waals surface area contributed by atoms with Gasteiger partial charge in [0.25, 0.3) is 0 Å². The van der Waals surface area contributed by atoms with Gasteiger partial charge in [0.15, 0.2) is 0 Å². The summed E-state index contributed by atoms with van der Waals surface area (Å²) in [5, 5.41) is 0. The minimum atomic E-state index is -3.75. The summed E-state index contributed by atoms with van der Waals surface area (Å²) >= 11 is 0. The summed E-state index contributed by atoms with van der Waals surface area (Å²) in [6, 6.07) is 16.0. The fraction of sp³-hybridized carbons (Fsp3) is 0.350. The van der Waals surface area contributed by atoms with Gasteiger partial charge in [-0.05, 0) is 37.5 Å². The molecule has 138 valence electrons. The van der Waals surface area contributed by atoms with Crippen LogP contribution in [0.3, 0.4) is 0 Å². The number of benzene rings is 2. The largest absolute Gasteiger partial charge is 0.342 e. The van der Waals surface area contributed by atoms with Crippen LogP contribution in [0.25, 0.3) is 0 Å². The van der Waals surface area contributed by atoms with Gasteiger partial charge in [-0.2, -0.15) is 4.31 Å². The third-order valence-electron chi connectivity index (χ3n) is 4.63. The van der Waals surface area contributed by atoms with E-state index in [0.717, 1.165) is 24.0 Å². The maximum Gasteiger partial charge on any atom is 0.243 e. The third kappa shape index (κ3) is 4.31. The molecule has 0 aliphatic carbocycles. The van der Waals surface area contributed by atoms with Crippen molar-refractivity contribution in [1.82, 2.24) is 9.21 Å². The minimum absolute atomic E-state index is 0.130. The molecule has 0 N–H and O–H groups in total. The molecule has 1 heterocycles. The van der Waals surface area contributed by atoms with Crippen LogP contribution < -0.4 is 0 Å². The number of carbonyl (C=O) groups is 1. The molecule has 0 radical (unpaired) electrons. The lowest BCUT2D eigenvalue weighted by atomic mass is 10.1. The predicted molar refractivity (Wildman–Crippen MR) is 101 cm³/mol. The average molecular weight is 372 g/mol. The molecule has 2 aromatic carbocycles. The Balaban J connectivity index is 1.87. The van der Waals surface area contributed by atoms with Gasteiger partial charge in [0, 0.05) is 19.6 Å². The number of likely N-dealkylation sites (tertiary alicyclic amines) is 1. The number of hydrogen-bond donors (Lipinski definition) is 0. The fourth-order valence-corrected chi connectivity index (χ4v) is 4.48. The Morgan fingerprint density at radius 3 is 2.23 bits per heavy atom. The van der Waals surface area contributed by atoms with Crippen LogP contribution in [0.1, 0.15) is 24.0 Å². The number of carbonyl (C=O) groups excluding carboxylic acids is 1. The Morgan fingerprint density at radius 1 is 1.00 bits per heavy atom. The van der Waals surface area contributed by atoms with Gasteiger partial charge >= 0.3 is 0 Å². The van der Waals surface area contributed by atoms with E-state index in [1.807, 2.05) is 31.2 Å². The van der Waals surface area contributed by atoms with Crippen molar-refractivity contribution in [2.45, 2.75) is 31.2 Å². The van der Waals surface area contributed by atoms with E-state index in [9.17, 15) is 13.2 Å². The normalized spacial score (nSPS) is 14.8. The van der Waals surface area contributed by atoms with E-state index in [0.29, 0.717) is 13.1 Å². The van der Waals surface area contributed by atoms with Gasteiger partial charge in [0.1, 0.15) is 0 Å². The summed E-state index contributed by atoms with van der Waals surface area (Å²) in [5.41, 5.74) is 1.98. The zero-order chi connectivity index (χ0) is 18.6. The van der Waals surface area contributed by atoms with E-state index in [2.05, 4.69) is 0 Å². The molecule has 26 heavy (non-hydrogen) atoms. The fourth-order valence-electron chi connectivity index (χ4n) is 3.08. The van der Waals surface area contributed by atoms with Crippen molar-refractivity contribution in [2.75, 3.05) is 19.6 Å². The van der Waals surface area contributed by atoms with Gasteiger partial charge < -0.3 is 4.90 Å². The van der Waals surface area contributed by atoms with Crippen LogP contribution in [0.15, 0.2) is 59.5 Å². The van der Waals surface area contributed by atoms with Crippen molar-refractivity contribution in [2.24, 2.45) is 0 Å². The van der Waals surface area contributed by atoms with Gasteiger partial charge in [0.05, 0.1) is 11.4 Å². The first-order valence-corrected chi connectivity index (χ1v) is 10.3. The molecule has 0 aromatic heterocycles. The molecular formula is C20H24N2O3S. The highest BCUT2D eigenvalue weighted by Crippen LogP contribution is 2.19. The van der Waals surface area contributed by atoms with Crippen molar-refractivity contribution < 1.29 is 13.2 Å². The Bertz CT molecular complexity index is 842. The summed E-state index contributed by atoms with van der Waals surface area (Å²) in [6.07, 6.45) is 1.96. The molecule has 6 heteroatoms. The highest BCUT2D eigenvalue weighted by atomic mass is 32.2. The monoisotopic (exact) mass is 372 g/mol. The molecule has 1 aliphatic heterocycles. The molecule has 0 spiro atoms. The molecule has 1 amide bonds. The summed E-state index contributed by atoms with van der Waals surface area (Å²) < 4.78 is 27.5. The smallest absolute Gasteiger partial charge is 0.243 e. The van der Waals surface area contributed by atoms with E-state index in [1.54, 1.807) is 35.2 Å². The SMILES string of the molecule is Cc1ccc(CN(CC(=O)N2CCCC2)S(=O)(=O)c2ccccc2)cc1. The van der Waals surface area contributed by atoms with Crippen molar-refractivity contribution in [3.63, 3.8) is 0 Å². The molecule has 5 nitrogen and oxygen atoms in total. The molecule has 1 saturated heterocycles. The Labute approximate surface area is 155 Å². The third-order valence-corrected chi connectivity index (χ3v) is 6.44. The van der Waals surface area contributed by atoms with Crippen LogP contribution in [-0.2, 0) is 21.4 Å². The Kier molecular flexibility index (Phi) is 5.74. The van der Waals surface area contributed by atoms with Crippen LogP contribution in [0, 0.1) is 6.92 Å². The second kappa shape index (κ2) is 8.01. The molecule has 1 fully saturated rings. The number of sulfonamides is 1. The van der Waals surface area contributed by atoms with Crippen LogP contribution in [0.4, 0.5) is 0 Å². The van der Waals surface area contributed by atoms with E-state index < -0.39 is 10.0 Å². The first-order valence-electron chi connectivity index (χ1n) is 8.85. The zero-order valence-electron chi connectivity index (χ0n) is 15.0. The number of hydrogen-bond acceptors (Lipinski definition) is 3. The predicted octanol–water partition coefficient (Wildman–Crippen LogP) is 2.81. The summed E-state index contributed by atoms with van der Waals surface area (Å²) in [7, 11) is -3.75.